The van der Waals surface area contributed by atoms with E-state index in [9.17, 15) is 13.2 Å². The van der Waals surface area contributed by atoms with Crippen LogP contribution in [-0.2, 0) is 27.8 Å². The second-order valence-corrected chi connectivity index (χ2v) is 9.64. The Morgan fingerprint density at radius 2 is 2.03 bits per heavy atom. The van der Waals surface area contributed by atoms with Crippen LogP contribution in [0.5, 0.6) is 0 Å². The Labute approximate surface area is 185 Å². The topological polar surface area (TPSA) is 96.6 Å². The lowest BCUT2D eigenvalue weighted by atomic mass is 10.2. The predicted octanol–water partition coefficient (Wildman–Crippen LogP) is 3.51. The van der Waals surface area contributed by atoms with Gasteiger partial charge in [-0.2, -0.15) is 9.29 Å². The lowest BCUT2D eigenvalue weighted by Crippen LogP contribution is -2.28. The van der Waals surface area contributed by atoms with E-state index in [1.54, 1.807) is 41.3 Å². The molecule has 162 valence electrons. The van der Waals surface area contributed by atoms with Gasteiger partial charge in [-0.05, 0) is 42.3 Å². The molecule has 0 saturated carbocycles. The fourth-order valence-electron chi connectivity index (χ4n) is 3.51. The third-order valence-electron chi connectivity index (χ3n) is 5.20. The van der Waals surface area contributed by atoms with Crippen molar-refractivity contribution >= 4 is 33.2 Å². The summed E-state index contributed by atoms with van der Waals surface area (Å²) in [6.45, 7) is 2.29. The second kappa shape index (κ2) is 8.41. The van der Waals surface area contributed by atoms with E-state index in [0.29, 0.717) is 35.8 Å². The fourth-order valence-corrected chi connectivity index (χ4v) is 4.91. The highest BCUT2D eigenvalue weighted by Gasteiger charge is 2.28. The number of sulfonamides is 1. The van der Waals surface area contributed by atoms with Crippen LogP contribution in [0.15, 0.2) is 51.9 Å². The molecule has 1 aliphatic rings. The molecular formula is C21H21ClN4O4S. The standard InChI is InChI=1S/C21H21ClN4O4S/c1-3-20(27)26-11-10-14-12-15(8-9-18(14)26)31(28,29)25(2)13-19-23-21(24-30-19)16-6-4-5-7-17(16)22/h4-9,12H,3,10-11,13H2,1-2H3. The predicted molar refractivity (Wildman–Crippen MR) is 116 cm³/mol. The van der Waals surface area contributed by atoms with E-state index in [1.807, 2.05) is 6.92 Å². The van der Waals surface area contributed by atoms with Gasteiger partial charge in [-0.25, -0.2) is 8.42 Å². The van der Waals surface area contributed by atoms with Crippen LogP contribution in [0.4, 0.5) is 5.69 Å². The highest BCUT2D eigenvalue weighted by Crippen LogP contribution is 2.32. The quantitative estimate of drug-likeness (QED) is 0.558. The van der Waals surface area contributed by atoms with Gasteiger partial charge in [-0.15, -0.1) is 0 Å². The van der Waals surface area contributed by atoms with E-state index in [2.05, 4.69) is 10.1 Å². The summed E-state index contributed by atoms with van der Waals surface area (Å²) in [5, 5.41) is 4.38. The van der Waals surface area contributed by atoms with Gasteiger partial charge in [0.2, 0.25) is 27.6 Å². The summed E-state index contributed by atoms with van der Waals surface area (Å²) in [6, 6.07) is 11.9. The van der Waals surface area contributed by atoms with E-state index in [4.69, 9.17) is 16.1 Å². The van der Waals surface area contributed by atoms with E-state index in [0.717, 1.165) is 15.6 Å². The Bertz CT molecular complexity index is 1240. The van der Waals surface area contributed by atoms with Crippen molar-refractivity contribution in [1.82, 2.24) is 14.4 Å². The number of amides is 1. The smallest absolute Gasteiger partial charge is 0.243 e. The summed E-state index contributed by atoms with van der Waals surface area (Å²) < 4.78 is 32.5. The van der Waals surface area contributed by atoms with Gasteiger partial charge >= 0.3 is 0 Å². The molecule has 0 fully saturated rings. The van der Waals surface area contributed by atoms with Crippen molar-refractivity contribution in [2.45, 2.75) is 31.2 Å². The molecule has 8 nitrogen and oxygen atoms in total. The maximum absolute atomic E-state index is 13.1. The van der Waals surface area contributed by atoms with Crippen LogP contribution in [0.2, 0.25) is 5.02 Å². The van der Waals surface area contributed by atoms with Gasteiger partial charge in [0.05, 0.1) is 16.5 Å². The van der Waals surface area contributed by atoms with Crippen LogP contribution in [-0.4, -0.2) is 42.4 Å². The first-order valence-corrected chi connectivity index (χ1v) is 11.6. The Hall–Kier alpha value is -2.75. The molecule has 1 aliphatic heterocycles. The van der Waals surface area contributed by atoms with Gasteiger partial charge in [-0.1, -0.05) is 35.8 Å². The number of fused-ring (bicyclic) bond motifs is 1. The number of carbonyl (C=O) groups is 1. The first-order valence-electron chi connectivity index (χ1n) is 9.78. The molecule has 0 aliphatic carbocycles. The molecule has 0 bridgehead atoms. The Morgan fingerprint density at radius 3 is 2.77 bits per heavy atom. The molecule has 4 rings (SSSR count). The first kappa shape index (κ1) is 21.5. The number of carbonyl (C=O) groups excluding carboxylic acids is 1. The third-order valence-corrected chi connectivity index (χ3v) is 7.33. The monoisotopic (exact) mass is 460 g/mol. The van der Waals surface area contributed by atoms with Gasteiger partial charge in [0.15, 0.2) is 0 Å². The van der Waals surface area contributed by atoms with Crippen LogP contribution in [0.3, 0.4) is 0 Å². The zero-order valence-electron chi connectivity index (χ0n) is 17.1. The zero-order chi connectivity index (χ0) is 22.2. The molecule has 0 saturated heterocycles. The molecule has 1 amide bonds. The van der Waals surface area contributed by atoms with Gasteiger partial charge in [-0.3, -0.25) is 4.79 Å². The van der Waals surface area contributed by atoms with Gasteiger partial charge in [0.25, 0.3) is 0 Å². The Kier molecular flexibility index (Phi) is 5.83. The second-order valence-electron chi connectivity index (χ2n) is 7.19. The minimum absolute atomic E-state index is 0.0252. The summed E-state index contributed by atoms with van der Waals surface area (Å²) in [6.07, 6.45) is 1.03. The first-order chi connectivity index (χ1) is 14.8. The number of hydrogen-bond donors (Lipinski definition) is 0. The molecule has 0 atom stereocenters. The highest BCUT2D eigenvalue weighted by molar-refractivity contribution is 7.89. The lowest BCUT2D eigenvalue weighted by molar-refractivity contribution is -0.118. The van der Waals surface area contributed by atoms with Crippen LogP contribution >= 0.6 is 11.6 Å². The summed E-state index contributed by atoms with van der Waals surface area (Å²) in [5.41, 5.74) is 2.22. The Balaban J connectivity index is 1.54. The molecule has 0 radical (unpaired) electrons. The number of benzene rings is 2. The maximum Gasteiger partial charge on any atom is 0.243 e. The fraction of sp³-hybridized carbons (Fsp3) is 0.286. The van der Waals surface area contributed by atoms with E-state index < -0.39 is 10.0 Å². The molecule has 0 spiro atoms. The average molecular weight is 461 g/mol. The largest absolute Gasteiger partial charge is 0.338 e. The molecule has 2 heterocycles. The SMILES string of the molecule is CCC(=O)N1CCc2cc(S(=O)(=O)N(C)Cc3nc(-c4ccccc4Cl)no3)ccc21. The van der Waals surface area contributed by atoms with E-state index in [1.165, 1.54) is 13.1 Å². The molecule has 3 aromatic rings. The Morgan fingerprint density at radius 1 is 1.26 bits per heavy atom. The highest BCUT2D eigenvalue weighted by atomic mass is 35.5. The van der Waals surface area contributed by atoms with Crippen molar-refractivity contribution in [1.29, 1.82) is 0 Å². The average Bonchev–Trinajstić information content (AvgIpc) is 3.40. The normalized spacial score (nSPS) is 13.6. The van der Waals surface area contributed by atoms with E-state index >= 15 is 0 Å². The van der Waals surface area contributed by atoms with Crippen LogP contribution in [0.25, 0.3) is 11.4 Å². The third kappa shape index (κ3) is 4.08. The summed E-state index contributed by atoms with van der Waals surface area (Å²) in [7, 11) is -2.34. The van der Waals surface area contributed by atoms with Crippen molar-refractivity contribution in [2.75, 3.05) is 18.5 Å². The molecular weight excluding hydrogens is 440 g/mol. The zero-order valence-corrected chi connectivity index (χ0v) is 18.7. The molecule has 2 aromatic carbocycles. The van der Waals surface area contributed by atoms with Gasteiger partial charge in [0.1, 0.15) is 0 Å². The van der Waals surface area contributed by atoms with Crippen LogP contribution < -0.4 is 4.90 Å². The number of halogens is 1. The van der Waals surface area contributed by atoms with Gasteiger partial charge < -0.3 is 9.42 Å². The lowest BCUT2D eigenvalue weighted by Gasteiger charge is -2.18. The van der Waals surface area contributed by atoms with Crippen LogP contribution in [0, 0.1) is 0 Å². The maximum atomic E-state index is 13.1. The molecule has 10 heteroatoms. The minimum atomic E-state index is -3.79. The van der Waals surface area contributed by atoms with Gasteiger partial charge in [0, 0.05) is 31.3 Å². The molecule has 0 N–H and O–H groups in total. The molecule has 0 unspecified atom stereocenters. The summed E-state index contributed by atoms with van der Waals surface area (Å²) in [5.74, 6) is 0.476. The summed E-state index contributed by atoms with van der Waals surface area (Å²) >= 11 is 6.16. The summed E-state index contributed by atoms with van der Waals surface area (Å²) in [4.78, 5) is 18.2. The van der Waals surface area contributed by atoms with Crippen molar-refractivity contribution in [2.24, 2.45) is 0 Å². The molecule has 1 aromatic heterocycles. The number of aromatic nitrogens is 2. The number of anilines is 1. The number of nitrogens with zero attached hydrogens (tertiary/aromatic N) is 4. The van der Waals surface area contributed by atoms with Crippen molar-refractivity contribution < 1.29 is 17.7 Å². The van der Waals surface area contributed by atoms with E-state index in [-0.39, 0.29) is 23.2 Å². The number of hydrogen-bond acceptors (Lipinski definition) is 6. The minimum Gasteiger partial charge on any atom is -0.338 e. The molecule has 31 heavy (non-hydrogen) atoms. The van der Waals surface area contributed by atoms with Crippen molar-refractivity contribution in [3.8, 4) is 11.4 Å². The van der Waals surface area contributed by atoms with Crippen LogP contribution in [0.1, 0.15) is 24.8 Å². The number of rotatable bonds is 6. The van der Waals surface area contributed by atoms with Crippen molar-refractivity contribution in [3.05, 3.63) is 58.9 Å². The van der Waals surface area contributed by atoms with Crippen molar-refractivity contribution in [3.63, 3.8) is 0 Å².